The van der Waals surface area contributed by atoms with Gasteiger partial charge in [0, 0.05) is 30.1 Å². The number of anilines is 1. The minimum Gasteiger partial charge on any atom is -0.493 e. The van der Waals surface area contributed by atoms with Crippen LogP contribution in [0.15, 0.2) is 42.5 Å². The minimum absolute atomic E-state index is 0.0130. The number of carbonyl (C=O) groups excluding carboxylic acids is 1. The molecule has 1 aliphatic heterocycles. The summed E-state index contributed by atoms with van der Waals surface area (Å²) < 4.78 is 19.0. The van der Waals surface area contributed by atoms with Gasteiger partial charge < -0.3 is 15.2 Å². The van der Waals surface area contributed by atoms with Crippen LogP contribution in [0.25, 0.3) is 0 Å². The Morgan fingerprint density at radius 1 is 1.26 bits per heavy atom. The quantitative estimate of drug-likeness (QED) is 0.476. The Morgan fingerprint density at radius 3 is 2.80 bits per heavy atom. The van der Waals surface area contributed by atoms with E-state index in [1.165, 1.54) is 29.5 Å². The van der Waals surface area contributed by atoms with Crippen LogP contribution in [0.2, 0.25) is 0 Å². The van der Waals surface area contributed by atoms with Gasteiger partial charge in [-0.15, -0.1) is 11.3 Å². The number of carboxylic acids is 1. The minimum atomic E-state index is -1.10. The maximum absolute atomic E-state index is 13.5. The molecule has 2 N–H and O–H groups in total. The number of amides is 1. The number of hydrogen-bond acceptors (Lipinski definition) is 6. The standard InChI is InChI=1S/C26H24FN3O4S/c1-2-34-22-11-16(6-7-19(22)26(32)33)12-24(31)29-25-20(13-28)21-15-30(9-8-23(21)35-25)14-17-4-3-5-18(27)10-17/h3-7,10-11H,2,8-9,12,14-15H2,1H3,(H,29,31)(H,32,33). The molecule has 0 saturated carbocycles. The third-order valence-electron chi connectivity index (χ3n) is 5.73. The number of carbonyl (C=O) groups is 2. The highest BCUT2D eigenvalue weighted by Crippen LogP contribution is 2.37. The summed E-state index contributed by atoms with van der Waals surface area (Å²) in [6.45, 7) is 3.96. The van der Waals surface area contributed by atoms with Crippen molar-refractivity contribution >= 4 is 28.2 Å². The normalized spacial score (nSPS) is 13.1. The number of benzene rings is 2. The van der Waals surface area contributed by atoms with Crippen LogP contribution in [0.3, 0.4) is 0 Å². The van der Waals surface area contributed by atoms with E-state index < -0.39 is 5.97 Å². The van der Waals surface area contributed by atoms with Crippen LogP contribution < -0.4 is 10.1 Å². The van der Waals surface area contributed by atoms with Gasteiger partial charge in [0.15, 0.2) is 0 Å². The van der Waals surface area contributed by atoms with E-state index in [2.05, 4.69) is 16.3 Å². The largest absolute Gasteiger partial charge is 0.493 e. The van der Waals surface area contributed by atoms with E-state index in [9.17, 15) is 24.3 Å². The smallest absolute Gasteiger partial charge is 0.339 e. The summed E-state index contributed by atoms with van der Waals surface area (Å²) in [5, 5.41) is 22.5. The van der Waals surface area contributed by atoms with Gasteiger partial charge in [-0.05, 0) is 48.7 Å². The molecule has 4 rings (SSSR count). The van der Waals surface area contributed by atoms with Crippen molar-refractivity contribution in [2.24, 2.45) is 0 Å². The van der Waals surface area contributed by atoms with Gasteiger partial charge in [0.25, 0.3) is 0 Å². The summed E-state index contributed by atoms with van der Waals surface area (Å²) in [5.41, 5.74) is 2.88. The Hall–Kier alpha value is -3.74. The molecule has 180 valence electrons. The molecular weight excluding hydrogens is 469 g/mol. The predicted molar refractivity (Wildman–Crippen MR) is 130 cm³/mol. The molecule has 0 atom stereocenters. The van der Waals surface area contributed by atoms with Crippen LogP contribution in [-0.4, -0.2) is 35.0 Å². The lowest BCUT2D eigenvalue weighted by Gasteiger charge is -2.27. The maximum Gasteiger partial charge on any atom is 0.339 e. The van der Waals surface area contributed by atoms with Crippen molar-refractivity contribution in [2.75, 3.05) is 18.5 Å². The van der Waals surface area contributed by atoms with Gasteiger partial charge in [-0.25, -0.2) is 9.18 Å². The summed E-state index contributed by atoms with van der Waals surface area (Å²) in [7, 11) is 0. The molecule has 1 amide bonds. The van der Waals surface area contributed by atoms with Crippen molar-refractivity contribution in [1.82, 2.24) is 4.90 Å². The zero-order valence-corrected chi connectivity index (χ0v) is 20.0. The lowest BCUT2D eigenvalue weighted by atomic mass is 10.0. The van der Waals surface area contributed by atoms with Crippen LogP contribution in [0.1, 0.15) is 44.4 Å². The first-order valence-electron chi connectivity index (χ1n) is 11.2. The number of ether oxygens (including phenoxy) is 1. The van der Waals surface area contributed by atoms with Gasteiger partial charge in [0.05, 0.1) is 18.6 Å². The molecule has 3 aromatic rings. The molecule has 0 unspecified atom stereocenters. The van der Waals surface area contributed by atoms with E-state index in [1.807, 2.05) is 6.07 Å². The van der Waals surface area contributed by atoms with Crippen molar-refractivity contribution in [3.05, 3.63) is 81.0 Å². The number of halogens is 1. The Balaban J connectivity index is 1.47. The Labute approximate surface area is 206 Å². The van der Waals surface area contributed by atoms with E-state index >= 15 is 0 Å². The van der Waals surface area contributed by atoms with Crippen molar-refractivity contribution in [2.45, 2.75) is 32.9 Å². The molecule has 1 aromatic heterocycles. The number of aromatic carboxylic acids is 1. The van der Waals surface area contributed by atoms with Crippen molar-refractivity contribution in [3.8, 4) is 11.8 Å². The Morgan fingerprint density at radius 2 is 2.09 bits per heavy atom. The molecule has 0 saturated heterocycles. The van der Waals surface area contributed by atoms with E-state index in [1.54, 1.807) is 25.1 Å². The van der Waals surface area contributed by atoms with Crippen LogP contribution in [0.5, 0.6) is 5.75 Å². The van der Waals surface area contributed by atoms with E-state index in [0.717, 1.165) is 29.0 Å². The highest BCUT2D eigenvalue weighted by Gasteiger charge is 2.25. The summed E-state index contributed by atoms with van der Waals surface area (Å²) in [6.07, 6.45) is 0.757. The average molecular weight is 494 g/mol. The number of fused-ring (bicyclic) bond motifs is 1. The molecule has 0 spiro atoms. The summed E-state index contributed by atoms with van der Waals surface area (Å²) in [5.74, 6) is -1.46. The fourth-order valence-corrected chi connectivity index (χ4v) is 5.33. The number of nitrogens with zero attached hydrogens (tertiary/aromatic N) is 2. The SMILES string of the molecule is CCOc1cc(CC(=O)Nc2sc3c(c2C#N)CN(Cc2cccc(F)c2)CC3)ccc1C(=O)O. The predicted octanol–water partition coefficient (Wildman–Crippen LogP) is 4.60. The van der Waals surface area contributed by atoms with Crippen molar-refractivity contribution in [3.63, 3.8) is 0 Å². The summed E-state index contributed by atoms with van der Waals surface area (Å²) in [4.78, 5) is 27.4. The molecule has 0 radical (unpaired) electrons. The van der Waals surface area contributed by atoms with Gasteiger partial charge in [-0.2, -0.15) is 5.26 Å². The van der Waals surface area contributed by atoms with Crippen LogP contribution >= 0.6 is 11.3 Å². The number of nitriles is 1. The monoisotopic (exact) mass is 493 g/mol. The van der Waals surface area contributed by atoms with E-state index in [0.29, 0.717) is 35.8 Å². The molecular formula is C26H24FN3O4S. The topological polar surface area (TPSA) is 103 Å². The highest BCUT2D eigenvalue weighted by molar-refractivity contribution is 7.16. The third-order valence-corrected chi connectivity index (χ3v) is 6.94. The second kappa shape index (κ2) is 10.7. The second-order valence-corrected chi connectivity index (χ2v) is 9.31. The Kier molecular flexibility index (Phi) is 7.44. The highest BCUT2D eigenvalue weighted by atomic mass is 32.1. The molecule has 0 bridgehead atoms. The van der Waals surface area contributed by atoms with Crippen LogP contribution in [-0.2, 0) is 30.7 Å². The second-order valence-electron chi connectivity index (χ2n) is 8.20. The third kappa shape index (κ3) is 5.67. The van der Waals surface area contributed by atoms with Gasteiger partial charge in [-0.1, -0.05) is 18.2 Å². The van der Waals surface area contributed by atoms with E-state index in [-0.39, 0.29) is 29.5 Å². The number of rotatable bonds is 8. The fourth-order valence-electron chi connectivity index (χ4n) is 4.16. The molecule has 7 nitrogen and oxygen atoms in total. The first-order chi connectivity index (χ1) is 16.9. The van der Waals surface area contributed by atoms with Crippen LogP contribution in [0, 0.1) is 17.1 Å². The fraction of sp³-hybridized carbons (Fsp3) is 0.269. The van der Waals surface area contributed by atoms with Gasteiger partial charge in [0.1, 0.15) is 28.2 Å². The zero-order valence-electron chi connectivity index (χ0n) is 19.1. The van der Waals surface area contributed by atoms with Crippen molar-refractivity contribution in [1.29, 1.82) is 5.26 Å². The summed E-state index contributed by atoms with van der Waals surface area (Å²) in [6, 6.07) is 13.3. The lowest BCUT2D eigenvalue weighted by molar-refractivity contribution is -0.115. The van der Waals surface area contributed by atoms with Gasteiger partial charge in [0.2, 0.25) is 5.91 Å². The zero-order chi connectivity index (χ0) is 24.9. The first-order valence-corrected chi connectivity index (χ1v) is 12.0. The molecule has 35 heavy (non-hydrogen) atoms. The number of thiophene rings is 1. The number of nitrogens with one attached hydrogen (secondary N) is 1. The molecule has 2 aromatic carbocycles. The average Bonchev–Trinajstić information content (AvgIpc) is 3.15. The van der Waals surface area contributed by atoms with E-state index in [4.69, 9.17) is 4.74 Å². The van der Waals surface area contributed by atoms with Gasteiger partial charge in [-0.3, -0.25) is 9.69 Å². The number of hydrogen-bond donors (Lipinski definition) is 2. The molecule has 1 aliphatic rings. The lowest BCUT2D eigenvalue weighted by Crippen LogP contribution is -2.29. The van der Waals surface area contributed by atoms with Gasteiger partial charge >= 0.3 is 5.97 Å². The molecule has 0 aliphatic carbocycles. The van der Waals surface area contributed by atoms with Crippen molar-refractivity contribution < 1.29 is 23.8 Å². The molecule has 2 heterocycles. The molecule has 0 fully saturated rings. The maximum atomic E-state index is 13.5. The Bertz CT molecular complexity index is 1310. The molecule has 9 heteroatoms. The summed E-state index contributed by atoms with van der Waals surface area (Å²) >= 11 is 1.41. The first kappa shape index (κ1) is 24.4. The van der Waals surface area contributed by atoms with Crippen LogP contribution in [0.4, 0.5) is 9.39 Å². The number of carboxylic acid groups (broad SMARTS) is 1.